The van der Waals surface area contributed by atoms with Gasteiger partial charge in [-0.3, -0.25) is 0 Å². The minimum atomic E-state index is 0.667. The lowest BCUT2D eigenvalue weighted by atomic mass is 10.2. The number of nitrogen functional groups attached to an aromatic ring is 1. The predicted molar refractivity (Wildman–Crippen MR) is 93.7 cm³/mol. The summed E-state index contributed by atoms with van der Waals surface area (Å²) in [7, 11) is 0. The lowest BCUT2D eigenvalue weighted by Crippen LogP contribution is -1.99. The van der Waals surface area contributed by atoms with E-state index in [-0.39, 0.29) is 0 Å². The second-order valence-corrected chi connectivity index (χ2v) is 6.53. The van der Waals surface area contributed by atoms with Gasteiger partial charge in [0.1, 0.15) is 0 Å². The third-order valence-electron chi connectivity index (χ3n) is 3.44. The maximum atomic E-state index is 6.25. The Hall–Kier alpha value is -1.29. The topological polar surface area (TPSA) is 30.9 Å². The molecule has 21 heavy (non-hydrogen) atoms. The molecule has 0 spiro atoms. The molecule has 0 amide bonds. The van der Waals surface area contributed by atoms with Crippen LogP contribution in [0.1, 0.15) is 5.56 Å². The van der Waals surface area contributed by atoms with Crippen LogP contribution in [0.5, 0.6) is 0 Å². The molecule has 0 bridgehead atoms. The van der Waals surface area contributed by atoms with E-state index in [2.05, 4.69) is 23.1 Å². The van der Waals surface area contributed by atoms with Gasteiger partial charge in [-0.1, -0.05) is 23.2 Å². The van der Waals surface area contributed by atoms with Crippen LogP contribution in [-0.2, 0) is 6.54 Å². The predicted octanol–water partition coefficient (Wildman–Crippen LogP) is 5.30. The van der Waals surface area contributed by atoms with Gasteiger partial charge in [-0.25, -0.2) is 0 Å². The van der Waals surface area contributed by atoms with Crippen LogP contribution >= 0.6 is 35.0 Å². The van der Waals surface area contributed by atoms with Crippen LogP contribution in [0.15, 0.2) is 47.5 Å². The van der Waals surface area contributed by atoms with Crippen molar-refractivity contribution in [2.24, 2.45) is 0 Å². The molecule has 0 unspecified atom stereocenters. The molecule has 0 aliphatic carbocycles. The molecule has 2 nitrogen and oxygen atoms in total. The Labute approximate surface area is 137 Å². The summed E-state index contributed by atoms with van der Waals surface area (Å²) in [6, 6.07) is 11.6. The van der Waals surface area contributed by atoms with Crippen LogP contribution in [0.25, 0.3) is 10.9 Å². The van der Waals surface area contributed by atoms with Crippen molar-refractivity contribution in [3.05, 3.63) is 58.2 Å². The second-order valence-electron chi connectivity index (χ2n) is 4.84. The fraction of sp³-hybridized carbons (Fsp3) is 0.125. The van der Waals surface area contributed by atoms with E-state index < -0.39 is 0 Å². The van der Waals surface area contributed by atoms with Crippen LogP contribution in [0, 0.1) is 0 Å². The number of anilines is 1. The molecular weight excluding hydrogens is 323 g/mol. The SMILES string of the molecule is CSc1cc(N)cc2c1ccn2Cc1cc(Cl)ccc1Cl. The molecule has 1 heterocycles. The molecular formula is C16H14Cl2N2S. The van der Waals surface area contributed by atoms with Gasteiger partial charge in [0.15, 0.2) is 0 Å². The van der Waals surface area contributed by atoms with Crippen molar-refractivity contribution in [1.29, 1.82) is 0 Å². The van der Waals surface area contributed by atoms with Gasteiger partial charge in [-0.2, -0.15) is 0 Å². The summed E-state index contributed by atoms with van der Waals surface area (Å²) in [4.78, 5) is 1.18. The van der Waals surface area contributed by atoms with Crippen LogP contribution < -0.4 is 5.73 Å². The van der Waals surface area contributed by atoms with Gasteiger partial charge in [-0.15, -0.1) is 11.8 Å². The molecule has 0 aliphatic rings. The highest BCUT2D eigenvalue weighted by Gasteiger charge is 2.09. The maximum Gasteiger partial charge on any atom is 0.0515 e. The number of hydrogen-bond acceptors (Lipinski definition) is 2. The molecule has 3 aromatic rings. The minimum absolute atomic E-state index is 0.667. The summed E-state index contributed by atoms with van der Waals surface area (Å²) in [5, 5.41) is 2.61. The highest BCUT2D eigenvalue weighted by atomic mass is 35.5. The molecule has 3 rings (SSSR count). The molecule has 0 saturated heterocycles. The second kappa shape index (κ2) is 5.84. The molecule has 2 N–H and O–H groups in total. The number of aromatic nitrogens is 1. The summed E-state index contributed by atoms with van der Waals surface area (Å²) >= 11 is 14.0. The van der Waals surface area contributed by atoms with Crippen molar-refractivity contribution >= 4 is 51.6 Å². The van der Waals surface area contributed by atoms with Gasteiger partial charge in [-0.05, 0) is 48.2 Å². The molecule has 0 fully saturated rings. The first-order chi connectivity index (χ1) is 10.1. The fourth-order valence-electron chi connectivity index (χ4n) is 2.44. The number of benzene rings is 2. The standard InChI is InChI=1S/C16H14Cl2N2S/c1-21-16-8-12(19)7-15-13(16)4-5-20(15)9-10-6-11(17)2-3-14(10)18/h2-8H,9,19H2,1H3. The average Bonchev–Trinajstić information content (AvgIpc) is 2.85. The third-order valence-corrected chi connectivity index (χ3v) is 4.82. The van der Waals surface area contributed by atoms with Crippen LogP contribution in [0.2, 0.25) is 10.0 Å². The molecule has 1 aromatic heterocycles. The lowest BCUT2D eigenvalue weighted by Gasteiger charge is -2.10. The maximum absolute atomic E-state index is 6.25. The Morgan fingerprint density at radius 2 is 1.95 bits per heavy atom. The van der Waals surface area contributed by atoms with Gasteiger partial charge < -0.3 is 10.3 Å². The van der Waals surface area contributed by atoms with Crippen LogP contribution in [-0.4, -0.2) is 10.8 Å². The number of thioether (sulfide) groups is 1. The largest absolute Gasteiger partial charge is 0.399 e. The van der Waals surface area contributed by atoms with E-state index in [1.165, 1.54) is 10.3 Å². The first kappa shape index (κ1) is 14.6. The first-order valence-corrected chi connectivity index (χ1v) is 8.43. The highest BCUT2D eigenvalue weighted by Crippen LogP contribution is 2.31. The smallest absolute Gasteiger partial charge is 0.0515 e. The van der Waals surface area contributed by atoms with Crippen molar-refractivity contribution in [3.63, 3.8) is 0 Å². The van der Waals surface area contributed by atoms with Gasteiger partial charge in [0.05, 0.1) is 5.52 Å². The number of fused-ring (bicyclic) bond motifs is 1. The molecule has 0 radical (unpaired) electrons. The highest BCUT2D eigenvalue weighted by molar-refractivity contribution is 7.98. The van der Waals surface area contributed by atoms with Gasteiger partial charge in [0.25, 0.3) is 0 Å². The van der Waals surface area contributed by atoms with Crippen molar-refractivity contribution in [3.8, 4) is 0 Å². The van der Waals surface area contributed by atoms with E-state index in [4.69, 9.17) is 28.9 Å². The fourth-order valence-corrected chi connectivity index (χ4v) is 3.46. The van der Waals surface area contributed by atoms with E-state index in [9.17, 15) is 0 Å². The number of hydrogen-bond donors (Lipinski definition) is 1. The Bertz CT molecular complexity index is 811. The van der Waals surface area contributed by atoms with Crippen molar-refractivity contribution in [2.45, 2.75) is 11.4 Å². The number of rotatable bonds is 3. The molecule has 2 aromatic carbocycles. The van der Waals surface area contributed by atoms with Gasteiger partial charge in [0, 0.05) is 38.8 Å². The third kappa shape index (κ3) is 2.86. The number of nitrogens with two attached hydrogens (primary N) is 1. The van der Waals surface area contributed by atoms with Gasteiger partial charge >= 0.3 is 0 Å². The number of nitrogens with zero attached hydrogens (tertiary/aromatic N) is 1. The van der Waals surface area contributed by atoms with E-state index in [0.717, 1.165) is 21.8 Å². The van der Waals surface area contributed by atoms with Crippen LogP contribution in [0.3, 0.4) is 0 Å². The zero-order valence-corrected chi connectivity index (χ0v) is 13.8. The summed E-state index contributed by atoms with van der Waals surface area (Å²) in [6.07, 6.45) is 4.11. The zero-order valence-electron chi connectivity index (χ0n) is 11.4. The summed E-state index contributed by atoms with van der Waals surface area (Å²) < 4.78 is 2.14. The van der Waals surface area contributed by atoms with E-state index >= 15 is 0 Å². The summed E-state index contributed by atoms with van der Waals surface area (Å²) in [5.74, 6) is 0. The average molecular weight is 337 g/mol. The molecule has 108 valence electrons. The zero-order chi connectivity index (χ0) is 15.0. The Balaban J connectivity index is 2.09. The first-order valence-electron chi connectivity index (χ1n) is 6.45. The lowest BCUT2D eigenvalue weighted by molar-refractivity contribution is 0.837. The monoisotopic (exact) mass is 336 g/mol. The molecule has 0 aliphatic heterocycles. The Morgan fingerprint density at radius 3 is 2.71 bits per heavy atom. The van der Waals surface area contributed by atoms with Crippen molar-refractivity contribution in [1.82, 2.24) is 4.57 Å². The quantitative estimate of drug-likeness (QED) is 0.519. The van der Waals surface area contributed by atoms with E-state index in [1.807, 2.05) is 24.3 Å². The normalized spacial score (nSPS) is 11.2. The molecule has 0 saturated carbocycles. The van der Waals surface area contributed by atoms with Crippen molar-refractivity contribution < 1.29 is 0 Å². The molecule has 5 heteroatoms. The Morgan fingerprint density at radius 1 is 1.14 bits per heavy atom. The van der Waals surface area contributed by atoms with Crippen molar-refractivity contribution in [2.75, 3.05) is 12.0 Å². The number of halogens is 2. The molecule has 0 atom stereocenters. The summed E-state index contributed by atoms with van der Waals surface area (Å²) in [5.41, 5.74) is 8.87. The van der Waals surface area contributed by atoms with Crippen LogP contribution in [0.4, 0.5) is 5.69 Å². The van der Waals surface area contributed by atoms with E-state index in [0.29, 0.717) is 11.6 Å². The summed E-state index contributed by atoms with van der Waals surface area (Å²) in [6.45, 7) is 0.667. The Kier molecular flexibility index (Phi) is 4.07. The minimum Gasteiger partial charge on any atom is -0.399 e. The van der Waals surface area contributed by atoms with Gasteiger partial charge in [0.2, 0.25) is 0 Å². The van der Waals surface area contributed by atoms with E-state index in [1.54, 1.807) is 17.8 Å².